The van der Waals surface area contributed by atoms with E-state index >= 15 is 0 Å². The highest BCUT2D eigenvalue weighted by Crippen LogP contribution is 2.31. The number of aromatic amines is 1. The zero-order valence-electron chi connectivity index (χ0n) is 20.2. The monoisotopic (exact) mass is 497 g/mol. The number of rotatable bonds is 5. The highest BCUT2D eigenvalue weighted by Gasteiger charge is 2.35. The lowest BCUT2D eigenvalue weighted by Crippen LogP contribution is -2.39. The van der Waals surface area contributed by atoms with Crippen LogP contribution in [0.5, 0.6) is 0 Å². The summed E-state index contributed by atoms with van der Waals surface area (Å²) in [5.41, 5.74) is -0.361. The minimum Gasteiger partial charge on any atom is -0.465 e. The SMILES string of the molecule is COC(=O)c1cc(NC(=O)[C@@H]2CC(=O)Nc3nc(N4CCC(C)CC4)[nH]c(=O)c32)cc(C(=O)OC)c1. The predicted molar refractivity (Wildman–Crippen MR) is 129 cm³/mol. The first-order valence-corrected chi connectivity index (χ1v) is 11.5. The molecule has 1 aromatic heterocycles. The Morgan fingerprint density at radius 3 is 2.22 bits per heavy atom. The maximum Gasteiger partial charge on any atom is 0.337 e. The summed E-state index contributed by atoms with van der Waals surface area (Å²) in [5, 5.41) is 5.20. The smallest absolute Gasteiger partial charge is 0.337 e. The first kappa shape index (κ1) is 24.9. The zero-order chi connectivity index (χ0) is 26.0. The third kappa shape index (κ3) is 5.07. The molecule has 3 heterocycles. The standard InChI is InChI=1S/C24H27N5O7/c1-12-4-6-29(7-5-12)24-27-19-18(21(32)28-24)16(11-17(30)26-19)20(31)25-15-9-13(22(33)35-2)8-14(10-15)23(34)36-3/h8-10,12,16H,4-7,11H2,1-3H3,(H,25,31)(H2,26,27,28,30,32)/t16-/m1/s1. The number of esters is 2. The van der Waals surface area contributed by atoms with E-state index in [1.807, 2.05) is 4.90 Å². The van der Waals surface area contributed by atoms with Gasteiger partial charge in [-0.15, -0.1) is 0 Å². The molecule has 0 spiro atoms. The van der Waals surface area contributed by atoms with Crippen molar-refractivity contribution >= 4 is 41.2 Å². The summed E-state index contributed by atoms with van der Waals surface area (Å²) >= 11 is 0. The van der Waals surface area contributed by atoms with Gasteiger partial charge in [-0.05, 0) is 37.0 Å². The molecule has 0 radical (unpaired) electrons. The van der Waals surface area contributed by atoms with Crippen LogP contribution in [0.25, 0.3) is 0 Å². The van der Waals surface area contributed by atoms with Gasteiger partial charge in [-0.2, -0.15) is 4.98 Å². The second kappa shape index (κ2) is 10.2. The van der Waals surface area contributed by atoms with Crippen LogP contribution >= 0.6 is 0 Å². The van der Waals surface area contributed by atoms with Crippen LogP contribution in [0.4, 0.5) is 17.5 Å². The number of amides is 2. The second-order valence-electron chi connectivity index (χ2n) is 8.90. The summed E-state index contributed by atoms with van der Waals surface area (Å²) < 4.78 is 9.42. The molecule has 2 aromatic rings. The Hall–Kier alpha value is -4.22. The van der Waals surface area contributed by atoms with Crippen molar-refractivity contribution in [3.8, 4) is 0 Å². The molecule has 12 heteroatoms. The number of nitrogens with zero attached hydrogens (tertiary/aromatic N) is 2. The number of H-pyrrole nitrogens is 1. The molecule has 1 saturated heterocycles. The molecule has 36 heavy (non-hydrogen) atoms. The average molecular weight is 498 g/mol. The van der Waals surface area contributed by atoms with E-state index in [9.17, 15) is 24.0 Å². The van der Waals surface area contributed by atoms with Gasteiger partial charge in [0, 0.05) is 25.2 Å². The van der Waals surface area contributed by atoms with Gasteiger partial charge in [0.2, 0.25) is 17.8 Å². The van der Waals surface area contributed by atoms with Gasteiger partial charge in [0.05, 0.1) is 36.8 Å². The summed E-state index contributed by atoms with van der Waals surface area (Å²) in [6.07, 6.45) is 1.64. The number of piperidine rings is 1. The highest BCUT2D eigenvalue weighted by molar-refractivity contribution is 6.05. The first-order chi connectivity index (χ1) is 17.2. The summed E-state index contributed by atoms with van der Waals surface area (Å²) in [6.45, 7) is 3.61. The normalized spacial score (nSPS) is 17.6. The van der Waals surface area contributed by atoms with Gasteiger partial charge < -0.3 is 25.0 Å². The van der Waals surface area contributed by atoms with E-state index < -0.39 is 35.2 Å². The Kier molecular flexibility index (Phi) is 7.04. The van der Waals surface area contributed by atoms with Crippen molar-refractivity contribution in [1.82, 2.24) is 9.97 Å². The van der Waals surface area contributed by atoms with Crippen LogP contribution in [-0.2, 0) is 19.1 Å². The molecule has 0 unspecified atom stereocenters. The number of anilines is 3. The molecule has 1 atom stereocenters. The fourth-order valence-electron chi connectivity index (χ4n) is 4.35. The largest absolute Gasteiger partial charge is 0.465 e. The quantitative estimate of drug-likeness (QED) is 0.522. The number of aromatic nitrogens is 2. The van der Waals surface area contributed by atoms with E-state index in [1.165, 1.54) is 32.4 Å². The van der Waals surface area contributed by atoms with Crippen LogP contribution in [0.15, 0.2) is 23.0 Å². The molecule has 2 amide bonds. The number of nitrogens with one attached hydrogen (secondary N) is 3. The molecule has 0 bridgehead atoms. The fraction of sp³-hybridized carbons (Fsp3) is 0.417. The first-order valence-electron chi connectivity index (χ1n) is 11.5. The van der Waals surface area contributed by atoms with Crippen LogP contribution < -0.4 is 21.1 Å². The van der Waals surface area contributed by atoms with Gasteiger partial charge in [0.15, 0.2) is 0 Å². The van der Waals surface area contributed by atoms with E-state index in [-0.39, 0.29) is 34.6 Å². The lowest BCUT2D eigenvalue weighted by atomic mass is 9.92. The van der Waals surface area contributed by atoms with Crippen molar-refractivity contribution in [2.45, 2.75) is 32.1 Å². The number of methoxy groups -OCH3 is 2. The third-order valence-corrected chi connectivity index (χ3v) is 6.38. The predicted octanol–water partition coefficient (Wildman–Crippen LogP) is 1.64. The summed E-state index contributed by atoms with van der Waals surface area (Å²) in [7, 11) is 2.36. The van der Waals surface area contributed by atoms with Crippen molar-refractivity contribution in [3.63, 3.8) is 0 Å². The maximum atomic E-state index is 13.2. The fourth-order valence-corrected chi connectivity index (χ4v) is 4.35. The van der Waals surface area contributed by atoms with E-state index in [1.54, 1.807) is 0 Å². The number of hydrogen-bond acceptors (Lipinski definition) is 9. The molecular formula is C24H27N5O7. The topological polar surface area (TPSA) is 160 Å². The Labute approximate surface area is 206 Å². The lowest BCUT2D eigenvalue weighted by molar-refractivity contribution is -0.123. The van der Waals surface area contributed by atoms with E-state index in [0.717, 1.165) is 25.9 Å². The Bertz CT molecular complexity index is 1250. The third-order valence-electron chi connectivity index (χ3n) is 6.38. The van der Waals surface area contributed by atoms with E-state index in [0.29, 0.717) is 11.9 Å². The molecule has 0 aliphatic carbocycles. The van der Waals surface area contributed by atoms with Gasteiger partial charge >= 0.3 is 11.9 Å². The van der Waals surface area contributed by atoms with Crippen LogP contribution in [0, 0.1) is 5.92 Å². The molecule has 12 nitrogen and oxygen atoms in total. The molecule has 2 aliphatic heterocycles. The number of hydrogen-bond donors (Lipinski definition) is 3. The van der Waals surface area contributed by atoms with Crippen LogP contribution in [0.1, 0.15) is 58.4 Å². The zero-order valence-corrected chi connectivity index (χ0v) is 20.2. The summed E-state index contributed by atoms with van der Waals surface area (Å²) in [4.78, 5) is 72.0. The van der Waals surface area contributed by atoms with Crippen molar-refractivity contribution in [2.24, 2.45) is 5.92 Å². The van der Waals surface area contributed by atoms with Crippen molar-refractivity contribution in [3.05, 3.63) is 45.2 Å². The molecule has 1 aromatic carbocycles. The van der Waals surface area contributed by atoms with E-state index in [4.69, 9.17) is 9.47 Å². The van der Waals surface area contributed by atoms with Crippen LogP contribution in [0.3, 0.4) is 0 Å². The number of carbonyl (C=O) groups excluding carboxylic acids is 4. The number of ether oxygens (including phenoxy) is 2. The Morgan fingerprint density at radius 1 is 1.03 bits per heavy atom. The molecule has 2 aliphatic rings. The van der Waals surface area contributed by atoms with Gasteiger partial charge in [-0.1, -0.05) is 6.92 Å². The number of carbonyl (C=O) groups is 4. The van der Waals surface area contributed by atoms with Crippen LogP contribution in [-0.4, -0.2) is 61.0 Å². The van der Waals surface area contributed by atoms with Crippen molar-refractivity contribution in [1.29, 1.82) is 0 Å². The molecule has 3 N–H and O–H groups in total. The van der Waals surface area contributed by atoms with Crippen molar-refractivity contribution < 1.29 is 28.7 Å². The molecule has 1 fully saturated rings. The Balaban J connectivity index is 1.65. The van der Waals surface area contributed by atoms with E-state index in [2.05, 4.69) is 27.5 Å². The average Bonchev–Trinajstić information content (AvgIpc) is 2.87. The number of fused-ring (bicyclic) bond motifs is 1. The van der Waals surface area contributed by atoms with Gasteiger partial charge in [-0.3, -0.25) is 19.4 Å². The molecular weight excluding hydrogens is 470 g/mol. The van der Waals surface area contributed by atoms with Crippen molar-refractivity contribution in [2.75, 3.05) is 42.8 Å². The van der Waals surface area contributed by atoms with Gasteiger partial charge in [-0.25, -0.2) is 9.59 Å². The second-order valence-corrected chi connectivity index (χ2v) is 8.90. The molecule has 4 rings (SSSR count). The van der Waals surface area contributed by atoms with Gasteiger partial charge in [0.1, 0.15) is 5.82 Å². The minimum atomic E-state index is -1.14. The number of benzene rings is 1. The lowest BCUT2D eigenvalue weighted by Gasteiger charge is -2.31. The summed E-state index contributed by atoms with van der Waals surface area (Å²) in [6, 6.07) is 3.92. The maximum absolute atomic E-state index is 13.2. The molecule has 0 saturated carbocycles. The van der Waals surface area contributed by atoms with Crippen LogP contribution in [0.2, 0.25) is 0 Å². The highest BCUT2D eigenvalue weighted by atomic mass is 16.5. The van der Waals surface area contributed by atoms with Gasteiger partial charge in [0.25, 0.3) is 5.56 Å². The Morgan fingerprint density at radius 2 is 1.64 bits per heavy atom. The summed E-state index contributed by atoms with van der Waals surface area (Å²) in [5.74, 6) is -2.74. The molecule has 190 valence electrons. The minimum absolute atomic E-state index is 0.0116.